The Labute approximate surface area is 141 Å². The number of aryl methyl sites for hydroxylation is 2. The van der Waals surface area contributed by atoms with Crippen LogP contribution in [-0.4, -0.2) is 19.1 Å². The van der Waals surface area contributed by atoms with Crippen molar-refractivity contribution in [1.82, 2.24) is 5.32 Å². The first-order chi connectivity index (χ1) is 11.0. The zero-order valence-corrected chi connectivity index (χ0v) is 14.1. The number of nitrogens with one attached hydrogen (secondary N) is 1. The van der Waals surface area contributed by atoms with Crippen molar-refractivity contribution in [3.05, 3.63) is 70.3 Å². The van der Waals surface area contributed by atoms with Gasteiger partial charge in [0.05, 0.1) is 6.54 Å². The molecule has 4 heteroatoms. The summed E-state index contributed by atoms with van der Waals surface area (Å²) >= 11 is 6.03. The van der Waals surface area contributed by atoms with Crippen molar-refractivity contribution < 1.29 is 9.53 Å². The molecule has 3 nitrogen and oxygen atoms in total. The van der Waals surface area contributed by atoms with Gasteiger partial charge in [0.1, 0.15) is 12.4 Å². The third kappa shape index (κ3) is 5.80. The maximum atomic E-state index is 11.7. The molecule has 2 aromatic rings. The van der Waals surface area contributed by atoms with Crippen LogP contribution in [0.1, 0.15) is 16.7 Å². The van der Waals surface area contributed by atoms with E-state index in [2.05, 4.69) is 5.32 Å². The number of benzene rings is 2. The van der Waals surface area contributed by atoms with Crippen molar-refractivity contribution in [2.75, 3.05) is 13.2 Å². The lowest BCUT2D eigenvalue weighted by atomic mass is 10.1. The summed E-state index contributed by atoms with van der Waals surface area (Å²) in [5, 5.41) is 3.45. The molecular formula is C19H20ClNO2. The summed E-state index contributed by atoms with van der Waals surface area (Å²) in [6.07, 6.45) is 3.31. The predicted molar refractivity (Wildman–Crippen MR) is 94.9 cm³/mol. The molecule has 0 aliphatic rings. The van der Waals surface area contributed by atoms with E-state index in [0.29, 0.717) is 23.9 Å². The number of amides is 1. The quantitative estimate of drug-likeness (QED) is 0.638. The summed E-state index contributed by atoms with van der Waals surface area (Å²) in [6, 6.07) is 13.5. The average Bonchev–Trinajstić information content (AvgIpc) is 2.54. The highest BCUT2D eigenvalue weighted by atomic mass is 35.5. The minimum absolute atomic E-state index is 0.142. The third-order valence-corrected chi connectivity index (χ3v) is 3.73. The minimum atomic E-state index is -0.142. The number of hydrogen-bond donors (Lipinski definition) is 1. The Morgan fingerprint density at radius 2 is 1.91 bits per heavy atom. The van der Waals surface area contributed by atoms with Gasteiger partial charge in [-0.15, -0.1) is 0 Å². The van der Waals surface area contributed by atoms with Gasteiger partial charge in [-0.05, 0) is 43.2 Å². The Morgan fingerprint density at radius 3 is 2.61 bits per heavy atom. The van der Waals surface area contributed by atoms with Gasteiger partial charge < -0.3 is 10.1 Å². The Bertz CT molecular complexity index is 693. The molecule has 0 aliphatic carbocycles. The molecule has 0 spiro atoms. The zero-order valence-electron chi connectivity index (χ0n) is 13.3. The van der Waals surface area contributed by atoms with E-state index in [1.54, 1.807) is 12.1 Å². The maximum absolute atomic E-state index is 11.7. The molecule has 0 aliphatic heterocycles. The first-order valence-electron chi connectivity index (χ1n) is 7.46. The molecule has 0 saturated heterocycles. The number of carbonyl (C=O) groups is 1. The number of halogens is 1. The number of carbonyl (C=O) groups excluding carboxylic acids is 1. The molecule has 0 atom stereocenters. The number of rotatable bonds is 6. The van der Waals surface area contributed by atoms with E-state index in [1.807, 2.05) is 50.2 Å². The van der Waals surface area contributed by atoms with Crippen LogP contribution in [0.25, 0.3) is 6.08 Å². The normalized spacial score (nSPS) is 10.7. The van der Waals surface area contributed by atoms with Gasteiger partial charge >= 0.3 is 0 Å². The van der Waals surface area contributed by atoms with Crippen LogP contribution in [0.15, 0.2) is 48.5 Å². The Kier molecular flexibility index (Phi) is 6.24. The van der Waals surface area contributed by atoms with Crippen molar-refractivity contribution >= 4 is 23.6 Å². The number of ether oxygens (including phenoxy) is 1. The second-order valence-electron chi connectivity index (χ2n) is 5.29. The lowest BCUT2D eigenvalue weighted by molar-refractivity contribution is -0.116. The fraction of sp³-hybridized carbons (Fsp3) is 0.211. The topological polar surface area (TPSA) is 38.3 Å². The van der Waals surface area contributed by atoms with Crippen molar-refractivity contribution in [3.63, 3.8) is 0 Å². The van der Waals surface area contributed by atoms with Gasteiger partial charge in [0.2, 0.25) is 5.91 Å². The van der Waals surface area contributed by atoms with Gasteiger partial charge in [-0.2, -0.15) is 0 Å². The lowest BCUT2D eigenvalue weighted by Crippen LogP contribution is -2.26. The molecule has 2 rings (SSSR count). The maximum Gasteiger partial charge on any atom is 0.244 e. The first kappa shape index (κ1) is 17.1. The second-order valence-corrected chi connectivity index (χ2v) is 5.70. The van der Waals surface area contributed by atoms with E-state index >= 15 is 0 Å². The summed E-state index contributed by atoms with van der Waals surface area (Å²) in [6.45, 7) is 4.79. The highest BCUT2D eigenvalue weighted by Gasteiger charge is 1.99. The Morgan fingerprint density at radius 1 is 1.17 bits per heavy atom. The molecule has 0 bridgehead atoms. The molecule has 0 heterocycles. The van der Waals surface area contributed by atoms with Crippen molar-refractivity contribution in [1.29, 1.82) is 0 Å². The lowest BCUT2D eigenvalue weighted by Gasteiger charge is -2.07. The molecule has 0 unspecified atom stereocenters. The first-order valence-corrected chi connectivity index (χ1v) is 7.84. The van der Waals surface area contributed by atoms with Gasteiger partial charge in [0.15, 0.2) is 0 Å². The Balaban J connectivity index is 1.72. The van der Waals surface area contributed by atoms with E-state index < -0.39 is 0 Å². The van der Waals surface area contributed by atoms with E-state index in [1.165, 1.54) is 11.6 Å². The molecule has 120 valence electrons. The smallest absolute Gasteiger partial charge is 0.244 e. The minimum Gasteiger partial charge on any atom is -0.492 e. The highest BCUT2D eigenvalue weighted by molar-refractivity contribution is 6.31. The van der Waals surface area contributed by atoms with Gasteiger partial charge in [0.25, 0.3) is 0 Å². The van der Waals surface area contributed by atoms with Crippen LogP contribution >= 0.6 is 11.6 Å². The molecule has 1 amide bonds. The molecule has 1 N–H and O–H groups in total. The molecule has 2 aromatic carbocycles. The van der Waals surface area contributed by atoms with E-state index in [4.69, 9.17) is 16.3 Å². The largest absolute Gasteiger partial charge is 0.492 e. The standard InChI is InChI=1S/C19H20ClNO2/c1-14-3-6-16(7-4-14)8-10-19(22)21-11-12-23-17-9-5-15(2)18(20)13-17/h3-10,13H,11-12H2,1-2H3,(H,21,22)/b10-8+. The zero-order chi connectivity index (χ0) is 16.7. The van der Waals surface area contributed by atoms with Gasteiger partial charge in [-0.1, -0.05) is 47.5 Å². The molecular weight excluding hydrogens is 310 g/mol. The SMILES string of the molecule is Cc1ccc(/C=C/C(=O)NCCOc2ccc(C)c(Cl)c2)cc1. The van der Waals surface area contributed by atoms with Crippen molar-refractivity contribution in [2.24, 2.45) is 0 Å². The fourth-order valence-corrected chi connectivity index (χ4v) is 2.09. The summed E-state index contributed by atoms with van der Waals surface area (Å²) in [4.78, 5) is 11.7. The molecule has 0 aromatic heterocycles. The summed E-state index contributed by atoms with van der Waals surface area (Å²) in [7, 11) is 0. The fourth-order valence-electron chi connectivity index (χ4n) is 1.91. The van der Waals surface area contributed by atoms with Crippen molar-refractivity contribution in [2.45, 2.75) is 13.8 Å². The van der Waals surface area contributed by atoms with Gasteiger partial charge in [-0.3, -0.25) is 4.79 Å². The second kappa shape index (κ2) is 8.39. The number of hydrogen-bond acceptors (Lipinski definition) is 2. The molecule has 0 radical (unpaired) electrons. The van der Waals surface area contributed by atoms with Gasteiger partial charge in [0, 0.05) is 11.1 Å². The third-order valence-electron chi connectivity index (χ3n) is 3.32. The molecule has 23 heavy (non-hydrogen) atoms. The highest BCUT2D eigenvalue weighted by Crippen LogP contribution is 2.21. The Hall–Kier alpha value is -2.26. The van der Waals surface area contributed by atoms with E-state index in [9.17, 15) is 4.79 Å². The van der Waals surface area contributed by atoms with Crippen molar-refractivity contribution in [3.8, 4) is 5.75 Å². The van der Waals surface area contributed by atoms with Crippen LogP contribution in [0.5, 0.6) is 5.75 Å². The van der Waals surface area contributed by atoms with Crippen LogP contribution in [0.3, 0.4) is 0 Å². The summed E-state index contributed by atoms with van der Waals surface area (Å²) < 4.78 is 5.54. The van der Waals surface area contributed by atoms with Crippen LogP contribution in [-0.2, 0) is 4.79 Å². The van der Waals surface area contributed by atoms with Crippen LogP contribution in [0.4, 0.5) is 0 Å². The van der Waals surface area contributed by atoms with Crippen LogP contribution in [0, 0.1) is 13.8 Å². The van der Waals surface area contributed by atoms with E-state index in [-0.39, 0.29) is 5.91 Å². The monoisotopic (exact) mass is 329 g/mol. The van der Waals surface area contributed by atoms with E-state index in [0.717, 1.165) is 11.1 Å². The van der Waals surface area contributed by atoms with Gasteiger partial charge in [-0.25, -0.2) is 0 Å². The van der Waals surface area contributed by atoms with Crippen LogP contribution < -0.4 is 10.1 Å². The van der Waals surface area contributed by atoms with Crippen LogP contribution in [0.2, 0.25) is 5.02 Å². The molecule has 0 fully saturated rings. The summed E-state index contributed by atoms with van der Waals surface area (Å²) in [5.41, 5.74) is 3.20. The summed E-state index contributed by atoms with van der Waals surface area (Å²) in [5.74, 6) is 0.557. The molecule has 0 saturated carbocycles. The average molecular weight is 330 g/mol. The predicted octanol–water partition coefficient (Wildman–Crippen LogP) is 4.17.